The summed E-state index contributed by atoms with van der Waals surface area (Å²) in [5.74, 6) is -0.180. The Morgan fingerprint density at radius 3 is 2.12 bits per heavy atom. The van der Waals surface area contributed by atoms with Crippen molar-refractivity contribution < 1.29 is 9.53 Å². The van der Waals surface area contributed by atoms with Crippen LogP contribution >= 0.6 is 0 Å². The average Bonchev–Trinajstić information content (AvgIpc) is 2.67. The van der Waals surface area contributed by atoms with Crippen molar-refractivity contribution in [2.45, 2.75) is 63.9 Å². The molecule has 26 heavy (non-hydrogen) atoms. The Hall–Kier alpha value is -2.09. The molecule has 1 spiro atoms. The molecule has 1 unspecified atom stereocenters. The summed E-state index contributed by atoms with van der Waals surface area (Å²) in [4.78, 5) is 12.9. The van der Waals surface area contributed by atoms with Gasteiger partial charge < -0.3 is 4.74 Å². The zero-order chi connectivity index (χ0) is 18.2. The lowest BCUT2D eigenvalue weighted by Crippen LogP contribution is -2.55. The second-order valence-corrected chi connectivity index (χ2v) is 8.60. The molecule has 2 fully saturated rings. The lowest BCUT2D eigenvalue weighted by Gasteiger charge is -2.53. The van der Waals surface area contributed by atoms with E-state index in [4.69, 9.17) is 4.74 Å². The molecular weight excluding hydrogens is 320 g/mol. The van der Waals surface area contributed by atoms with Gasteiger partial charge in [-0.15, -0.1) is 0 Å². The van der Waals surface area contributed by atoms with E-state index in [9.17, 15) is 4.79 Å². The second kappa shape index (κ2) is 6.57. The summed E-state index contributed by atoms with van der Waals surface area (Å²) in [7, 11) is 0. The van der Waals surface area contributed by atoms with Crippen molar-refractivity contribution in [1.29, 1.82) is 0 Å². The van der Waals surface area contributed by atoms with Crippen LogP contribution in [0.3, 0.4) is 0 Å². The second-order valence-electron chi connectivity index (χ2n) is 8.60. The van der Waals surface area contributed by atoms with Gasteiger partial charge in [0.2, 0.25) is 0 Å². The fourth-order valence-electron chi connectivity index (χ4n) is 4.88. The van der Waals surface area contributed by atoms with E-state index in [1.807, 2.05) is 18.2 Å². The van der Waals surface area contributed by atoms with Gasteiger partial charge in [0.05, 0.1) is 5.92 Å². The van der Waals surface area contributed by atoms with E-state index in [1.165, 1.54) is 30.4 Å². The highest BCUT2D eigenvalue weighted by atomic mass is 16.6. The minimum atomic E-state index is -0.247. The fourth-order valence-corrected chi connectivity index (χ4v) is 4.88. The van der Waals surface area contributed by atoms with Gasteiger partial charge in [0, 0.05) is 5.41 Å². The highest BCUT2D eigenvalue weighted by Crippen LogP contribution is 2.53. The number of carbonyl (C=O) groups is 1. The predicted molar refractivity (Wildman–Crippen MR) is 105 cm³/mol. The lowest BCUT2D eigenvalue weighted by atomic mass is 9.61. The molecular formula is C24H28O2. The maximum absolute atomic E-state index is 12.9. The maximum Gasteiger partial charge on any atom is 0.314 e. The van der Waals surface area contributed by atoms with Gasteiger partial charge in [0.1, 0.15) is 5.60 Å². The minimum Gasteiger partial charge on any atom is -0.458 e. The molecule has 0 aromatic heterocycles. The Bertz CT molecular complexity index is 768. The number of hydrogen-bond donors (Lipinski definition) is 0. The highest BCUT2D eigenvalue weighted by Gasteiger charge is 2.54. The Kier molecular flexibility index (Phi) is 4.38. The van der Waals surface area contributed by atoms with Crippen molar-refractivity contribution in [1.82, 2.24) is 0 Å². The topological polar surface area (TPSA) is 26.3 Å². The van der Waals surface area contributed by atoms with Crippen molar-refractivity contribution in [3.63, 3.8) is 0 Å². The third kappa shape index (κ3) is 2.96. The van der Waals surface area contributed by atoms with E-state index < -0.39 is 0 Å². The van der Waals surface area contributed by atoms with Gasteiger partial charge in [-0.25, -0.2) is 0 Å². The van der Waals surface area contributed by atoms with Gasteiger partial charge in [-0.2, -0.15) is 0 Å². The smallest absolute Gasteiger partial charge is 0.314 e. The van der Waals surface area contributed by atoms with Gasteiger partial charge in [-0.3, -0.25) is 4.79 Å². The van der Waals surface area contributed by atoms with Crippen LogP contribution in [0, 0.1) is 5.41 Å². The van der Waals surface area contributed by atoms with E-state index in [0.29, 0.717) is 0 Å². The largest absolute Gasteiger partial charge is 0.458 e. The molecule has 1 aliphatic heterocycles. The Balaban J connectivity index is 1.58. The first-order chi connectivity index (χ1) is 12.5. The summed E-state index contributed by atoms with van der Waals surface area (Å²) in [6.45, 7) is 4.58. The summed E-state index contributed by atoms with van der Waals surface area (Å²) in [6, 6.07) is 18.8. The molecule has 2 heteroatoms. The van der Waals surface area contributed by atoms with Gasteiger partial charge in [0.15, 0.2) is 0 Å². The molecule has 2 aliphatic rings. The van der Waals surface area contributed by atoms with Crippen molar-refractivity contribution in [3.05, 3.63) is 60.2 Å². The molecule has 1 atom stereocenters. The van der Waals surface area contributed by atoms with Gasteiger partial charge >= 0.3 is 5.97 Å². The minimum absolute atomic E-state index is 0.0180. The molecule has 4 rings (SSSR count). The maximum atomic E-state index is 12.9. The number of esters is 1. The molecule has 1 aliphatic carbocycles. The molecule has 1 saturated heterocycles. The standard InChI is InChI=1S/C24H28O2/c1-23(2)17-21(22(25)26-24(23)15-7-4-8-16-24)20-13-11-19(12-14-20)18-9-5-3-6-10-18/h3,5-6,9-14,21H,4,7-8,15-17H2,1-2H3. The van der Waals surface area contributed by atoms with Gasteiger partial charge in [-0.05, 0) is 48.8 Å². The molecule has 136 valence electrons. The fraction of sp³-hybridized carbons (Fsp3) is 0.458. The van der Waals surface area contributed by atoms with Crippen LogP contribution in [0.25, 0.3) is 11.1 Å². The summed E-state index contributed by atoms with van der Waals surface area (Å²) in [5.41, 5.74) is 3.23. The third-order valence-corrected chi connectivity index (χ3v) is 6.61. The average molecular weight is 348 g/mol. The van der Waals surface area contributed by atoms with Crippen LogP contribution in [0.5, 0.6) is 0 Å². The summed E-state index contributed by atoms with van der Waals surface area (Å²) in [6.07, 6.45) is 6.52. The van der Waals surface area contributed by atoms with Crippen LogP contribution in [-0.4, -0.2) is 11.6 Å². The van der Waals surface area contributed by atoms with Crippen molar-refractivity contribution in [3.8, 4) is 11.1 Å². The third-order valence-electron chi connectivity index (χ3n) is 6.61. The van der Waals surface area contributed by atoms with E-state index in [2.05, 4.69) is 50.2 Å². The van der Waals surface area contributed by atoms with Crippen LogP contribution in [0.15, 0.2) is 54.6 Å². The van der Waals surface area contributed by atoms with E-state index in [0.717, 1.165) is 24.8 Å². The highest BCUT2D eigenvalue weighted by molar-refractivity contribution is 5.80. The first-order valence-electron chi connectivity index (χ1n) is 9.89. The molecule has 0 amide bonds. The van der Waals surface area contributed by atoms with Crippen LogP contribution in [-0.2, 0) is 9.53 Å². The monoisotopic (exact) mass is 348 g/mol. The molecule has 0 radical (unpaired) electrons. The number of rotatable bonds is 2. The summed E-state index contributed by atoms with van der Waals surface area (Å²) >= 11 is 0. The van der Waals surface area contributed by atoms with Crippen LogP contribution in [0.4, 0.5) is 0 Å². The van der Waals surface area contributed by atoms with Gasteiger partial charge in [0.25, 0.3) is 0 Å². The van der Waals surface area contributed by atoms with E-state index >= 15 is 0 Å². The lowest BCUT2D eigenvalue weighted by molar-refractivity contribution is -0.200. The Morgan fingerprint density at radius 1 is 0.846 bits per heavy atom. The number of ether oxygens (including phenoxy) is 1. The van der Waals surface area contributed by atoms with Gasteiger partial charge in [-0.1, -0.05) is 74.9 Å². The molecule has 2 nitrogen and oxygen atoms in total. The zero-order valence-corrected chi connectivity index (χ0v) is 15.8. The van der Waals surface area contributed by atoms with Crippen molar-refractivity contribution >= 4 is 5.97 Å². The quantitative estimate of drug-likeness (QED) is 0.612. The molecule has 1 saturated carbocycles. The predicted octanol–water partition coefficient (Wildman–Crippen LogP) is 6.11. The normalized spacial score (nSPS) is 24.2. The Morgan fingerprint density at radius 2 is 1.46 bits per heavy atom. The molecule has 2 aromatic rings. The SMILES string of the molecule is CC1(C)CC(c2ccc(-c3ccccc3)cc2)C(=O)OC12CCCCC2. The van der Waals surface area contributed by atoms with Crippen LogP contribution in [0.2, 0.25) is 0 Å². The van der Waals surface area contributed by atoms with Crippen molar-refractivity contribution in [2.24, 2.45) is 5.41 Å². The summed E-state index contributed by atoms with van der Waals surface area (Å²) < 4.78 is 6.17. The molecule has 2 aromatic carbocycles. The number of carbonyl (C=O) groups excluding carboxylic acids is 1. The number of benzene rings is 2. The Labute approximate surface area is 156 Å². The first-order valence-corrected chi connectivity index (χ1v) is 9.89. The first kappa shape index (κ1) is 17.3. The molecule has 1 heterocycles. The zero-order valence-electron chi connectivity index (χ0n) is 15.8. The van der Waals surface area contributed by atoms with Crippen LogP contribution in [0.1, 0.15) is 63.9 Å². The van der Waals surface area contributed by atoms with Crippen molar-refractivity contribution in [2.75, 3.05) is 0 Å². The van der Waals surface area contributed by atoms with E-state index in [1.54, 1.807) is 0 Å². The summed E-state index contributed by atoms with van der Waals surface area (Å²) in [5, 5.41) is 0. The molecule has 0 N–H and O–H groups in total. The van der Waals surface area contributed by atoms with Crippen LogP contribution < -0.4 is 0 Å². The molecule has 0 bridgehead atoms. The number of hydrogen-bond acceptors (Lipinski definition) is 2. The van der Waals surface area contributed by atoms with E-state index in [-0.39, 0.29) is 22.9 Å².